The smallest absolute Gasteiger partial charge is 0.326 e. The van der Waals surface area contributed by atoms with Crippen LogP contribution in [0.2, 0.25) is 0 Å². The Bertz CT molecular complexity index is 560. The number of amides is 1. The summed E-state index contributed by atoms with van der Waals surface area (Å²) < 4.78 is 1.03. The highest BCUT2D eigenvalue weighted by Gasteiger charge is 2.18. The van der Waals surface area contributed by atoms with Gasteiger partial charge in [-0.2, -0.15) is 0 Å². The van der Waals surface area contributed by atoms with Gasteiger partial charge >= 0.3 is 5.97 Å². The number of aliphatic carboxylic acids is 1. The van der Waals surface area contributed by atoms with Gasteiger partial charge < -0.3 is 10.4 Å². The van der Waals surface area contributed by atoms with Crippen molar-refractivity contribution in [1.82, 2.24) is 5.32 Å². The molecule has 1 atom stereocenters. The summed E-state index contributed by atoms with van der Waals surface area (Å²) in [5.41, 5.74) is 2.17. The number of rotatable bonds is 7. The first-order valence-electron chi connectivity index (χ1n) is 6.37. The second kappa shape index (κ2) is 8.24. The summed E-state index contributed by atoms with van der Waals surface area (Å²) in [6.45, 7) is 7.45. The van der Waals surface area contributed by atoms with Crippen LogP contribution in [-0.4, -0.2) is 28.8 Å². The number of aryl methyl sites for hydroxylation is 2. The van der Waals surface area contributed by atoms with Crippen LogP contribution in [0.4, 0.5) is 0 Å². The van der Waals surface area contributed by atoms with Crippen LogP contribution >= 0.6 is 27.7 Å². The molecule has 0 saturated heterocycles. The van der Waals surface area contributed by atoms with Crippen molar-refractivity contribution in [3.8, 4) is 0 Å². The molecule has 1 aromatic carbocycles. The fourth-order valence-electron chi connectivity index (χ4n) is 1.68. The molecule has 0 aliphatic carbocycles. The average molecular weight is 372 g/mol. The van der Waals surface area contributed by atoms with Crippen molar-refractivity contribution in [2.24, 2.45) is 0 Å². The van der Waals surface area contributed by atoms with Gasteiger partial charge in [0.1, 0.15) is 6.04 Å². The molecule has 0 radical (unpaired) electrons. The summed E-state index contributed by atoms with van der Waals surface area (Å²) >= 11 is 4.86. The Morgan fingerprint density at radius 3 is 2.67 bits per heavy atom. The van der Waals surface area contributed by atoms with Crippen LogP contribution < -0.4 is 5.32 Å². The second-order valence-electron chi connectivity index (χ2n) is 4.64. The van der Waals surface area contributed by atoms with Crippen LogP contribution in [0.5, 0.6) is 0 Å². The van der Waals surface area contributed by atoms with Gasteiger partial charge in [-0.1, -0.05) is 22.0 Å². The van der Waals surface area contributed by atoms with Crippen LogP contribution in [-0.2, 0) is 9.59 Å². The average Bonchev–Trinajstić information content (AvgIpc) is 2.40. The van der Waals surface area contributed by atoms with E-state index in [0.29, 0.717) is 0 Å². The minimum atomic E-state index is -1.05. The zero-order valence-electron chi connectivity index (χ0n) is 12.0. The minimum absolute atomic E-state index is 0.183. The summed E-state index contributed by atoms with van der Waals surface area (Å²) in [5, 5.41) is 11.5. The van der Waals surface area contributed by atoms with Crippen molar-refractivity contribution in [3.63, 3.8) is 0 Å². The number of carbonyl (C=O) groups is 2. The number of benzene rings is 1. The predicted octanol–water partition coefficient (Wildman–Crippen LogP) is 3.30. The highest BCUT2D eigenvalue weighted by molar-refractivity contribution is 9.10. The molecule has 6 heteroatoms. The van der Waals surface area contributed by atoms with Crippen molar-refractivity contribution < 1.29 is 14.7 Å². The van der Waals surface area contributed by atoms with Gasteiger partial charge in [0.05, 0.1) is 5.75 Å². The fraction of sp³-hybridized carbons (Fsp3) is 0.333. The predicted molar refractivity (Wildman–Crippen MR) is 88.7 cm³/mol. The van der Waals surface area contributed by atoms with Crippen molar-refractivity contribution >= 4 is 39.6 Å². The van der Waals surface area contributed by atoms with E-state index in [1.807, 2.05) is 26.0 Å². The third-order valence-electron chi connectivity index (χ3n) is 2.85. The van der Waals surface area contributed by atoms with Gasteiger partial charge in [0.25, 0.3) is 0 Å². The zero-order valence-corrected chi connectivity index (χ0v) is 14.4. The first-order chi connectivity index (χ1) is 9.85. The largest absolute Gasteiger partial charge is 0.480 e. The molecule has 21 heavy (non-hydrogen) atoms. The van der Waals surface area contributed by atoms with Gasteiger partial charge in [0, 0.05) is 9.37 Å². The maximum Gasteiger partial charge on any atom is 0.326 e. The van der Waals surface area contributed by atoms with Gasteiger partial charge in [0.15, 0.2) is 0 Å². The molecule has 1 rings (SSSR count). The number of carboxylic acids is 1. The lowest BCUT2D eigenvalue weighted by Gasteiger charge is -2.13. The van der Waals surface area contributed by atoms with E-state index in [4.69, 9.17) is 5.11 Å². The first kappa shape index (κ1) is 17.8. The number of hydrogen-bond acceptors (Lipinski definition) is 3. The number of carbonyl (C=O) groups excluding carboxylic acids is 1. The van der Waals surface area contributed by atoms with Crippen LogP contribution in [0.25, 0.3) is 0 Å². The van der Waals surface area contributed by atoms with E-state index in [-0.39, 0.29) is 18.1 Å². The van der Waals surface area contributed by atoms with Gasteiger partial charge in [-0.25, -0.2) is 4.79 Å². The molecular weight excluding hydrogens is 354 g/mol. The van der Waals surface area contributed by atoms with Crippen LogP contribution in [0.15, 0.2) is 34.2 Å². The van der Waals surface area contributed by atoms with Crippen molar-refractivity contribution in [3.05, 3.63) is 40.4 Å². The maximum absolute atomic E-state index is 11.8. The second-order valence-corrected chi connectivity index (χ2v) is 6.51. The molecule has 2 N–H and O–H groups in total. The number of nitrogens with one attached hydrogen (secondary N) is 1. The lowest BCUT2D eigenvalue weighted by Crippen LogP contribution is -2.41. The molecule has 4 nitrogen and oxygen atoms in total. The van der Waals surface area contributed by atoms with Gasteiger partial charge in [-0.15, -0.1) is 18.3 Å². The maximum atomic E-state index is 11.8. The van der Waals surface area contributed by atoms with Crippen LogP contribution in [0.3, 0.4) is 0 Å². The third-order valence-corrected chi connectivity index (χ3v) is 4.86. The van der Waals surface area contributed by atoms with E-state index in [9.17, 15) is 9.59 Å². The molecule has 0 aromatic heterocycles. The van der Waals surface area contributed by atoms with Crippen LogP contribution in [0.1, 0.15) is 17.5 Å². The summed E-state index contributed by atoms with van der Waals surface area (Å²) in [7, 11) is 0. The molecule has 114 valence electrons. The summed E-state index contributed by atoms with van der Waals surface area (Å²) in [5.74, 6) is -1.17. The number of carboxylic acid groups (broad SMARTS) is 1. The molecule has 1 aromatic rings. The Balaban J connectivity index is 2.62. The lowest BCUT2D eigenvalue weighted by molar-refractivity contribution is -0.141. The van der Waals surface area contributed by atoms with E-state index >= 15 is 0 Å². The van der Waals surface area contributed by atoms with Crippen molar-refractivity contribution in [2.45, 2.75) is 31.2 Å². The molecule has 0 heterocycles. The van der Waals surface area contributed by atoms with Crippen LogP contribution in [0, 0.1) is 13.8 Å². The highest BCUT2D eigenvalue weighted by Crippen LogP contribution is 2.28. The lowest BCUT2D eigenvalue weighted by atomic mass is 10.2. The summed E-state index contributed by atoms with van der Waals surface area (Å²) in [4.78, 5) is 23.8. The SMILES string of the molecule is C=CCC(NC(=O)CSc1cc(C)c(Br)cc1C)C(=O)O. The molecule has 0 fully saturated rings. The fourth-order valence-corrected chi connectivity index (χ4v) is 3.05. The monoisotopic (exact) mass is 371 g/mol. The Hall–Kier alpha value is -1.27. The number of thioether (sulfide) groups is 1. The van der Waals surface area contributed by atoms with E-state index in [1.165, 1.54) is 17.8 Å². The Labute approximate surface area is 137 Å². The molecule has 1 unspecified atom stereocenters. The minimum Gasteiger partial charge on any atom is -0.480 e. The number of halogens is 1. The zero-order chi connectivity index (χ0) is 16.0. The highest BCUT2D eigenvalue weighted by atomic mass is 79.9. The topological polar surface area (TPSA) is 66.4 Å². The Morgan fingerprint density at radius 1 is 1.43 bits per heavy atom. The Morgan fingerprint density at radius 2 is 2.10 bits per heavy atom. The van der Waals surface area contributed by atoms with Gasteiger partial charge in [-0.3, -0.25) is 4.79 Å². The molecule has 0 spiro atoms. The van der Waals surface area contributed by atoms with E-state index in [1.54, 1.807) is 0 Å². The Kier molecular flexibility index (Phi) is 6.98. The van der Waals surface area contributed by atoms with Gasteiger partial charge in [-0.05, 0) is 43.5 Å². The van der Waals surface area contributed by atoms with Crippen molar-refractivity contribution in [1.29, 1.82) is 0 Å². The molecule has 0 aliphatic rings. The third kappa shape index (κ3) is 5.55. The van der Waals surface area contributed by atoms with E-state index < -0.39 is 12.0 Å². The number of hydrogen-bond donors (Lipinski definition) is 2. The molecule has 0 bridgehead atoms. The van der Waals surface area contributed by atoms with Gasteiger partial charge in [0.2, 0.25) is 5.91 Å². The first-order valence-corrected chi connectivity index (χ1v) is 8.15. The quantitative estimate of drug-likeness (QED) is 0.569. The summed E-state index contributed by atoms with van der Waals surface area (Å²) in [6.07, 6.45) is 1.69. The van der Waals surface area contributed by atoms with Crippen molar-refractivity contribution in [2.75, 3.05) is 5.75 Å². The molecule has 0 saturated carbocycles. The van der Waals surface area contributed by atoms with E-state index in [2.05, 4.69) is 27.8 Å². The molecule has 1 amide bonds. The van der Waals surface area contributed by atoms with E-state index in [0.717, 1.165) is 20.5 Å². The normalized spacial score (nSPS) is 11.8. The standard InChI is InChI=1S/C15H18BrNO3S/c1-4-5-12(15(19)20)17-14(18)8-21-13-7-9(2)11(16)6-10(13)3/h4,6-7,12H,1,5,8H2,2-3H3,(H,17,18)(H,19,20). The molecule has 0 aliphatic heterocycles. The molecular formula is C15H18BrNO3S. The summed E-state index contributed by atoms with van der Waals surface area (Å²) in [6, 6.07) is 3.10.